The third kappa shape index (κ3) is 5.87. The summed E-state index contributed by atoms with van der Waals surface area (Å²) in [6.45, 7) is 3.26. The van der Waals surface area contributed by atoms with Crippen LogP contribution >= 0.6 is 0 Å². The average molecular weight is 496 g/mol. The molecule has 1 aliphatic rings. The minimum atomic E-state index is -4.42. The maximum absolute atomic E-state index is 12.6. The summed E-state index contributed by atoms with van der Waals surface area (Å²) in [5.41, 5.74) is -0.647. The second-order valence-electron chi connectivity index (χ2n) is 8.21. The van der Waals surface area contributed by atoms with Crippen molar-refractivity contribution in [3.8, 4) is 11.5 Å². The van der Waals surface area contributed by atoms with Crippen LogP contribution in [0, 0.1) is 5.41 Å². The molecule has 2 aromatic carbocycles. The van der Waals surface area contributed by atoms with Crippen molar-refractivity contribution in [2.24, 2.45) is 5.41 Å². The van der Waals surface area contributed by atoms with Gasteiger partial charge in [-0.15, -0.1) is 0 Å². The number of rotatable bonds is 8. The number of carboxylic acid groups (broad SMARTS) is 1. The van der Waals surface area contributed by atoms with E-state index in [1.165, 1.54) is 31.2 Å². The average Bonchev–Trinajstić information content (AvgIpc) is 2.76. The Labute approximate surface area is 195 Å². The number of carboxylic acids is 1. The molecule has 34 heavy (non-hydrogen) atoms. The van der Waals surface area contributed by atoms with Gasteiger partial charge in [0, 0.05) is 13.0 Å². The molecule has 1 unspecified atom stereocenters. The summed E-state index contributed by atoms with van der Waals surface area (Å²) < 4.78 is 71.3. The van der Waals surface area contributed by atoms with Gasteiger partial charge in [0.25, 0.3) is 0 Å². The van der Waals surface area contributed by atoms with E-state index in [0.29, 0.717) is 17.7 Å². The summed E-state index contributed by atoms with van der Waals surface area (Å²) >= 11 is 0. The van der Waals surface area contributed by atoms with Gasteiger partial charge in [-0.05, 0) is 68.3 Å². The van der Waals surface area contributed by atoms with Crippen LogP contribution in [0.3, 0.4) is 0 Å². The monoisotopic (exact) mass is 495 g/mol. The lowest BCUT2D eigenvalue weighted by molar-refractivity contribution is -0.145. The van der Waals surface area contributed by atoms with E-state index < -0.39 is 33.1 Å². The fourth-order valence-corrected chi connectivity index (χ4v) is 4.65. The Morgan fingerprint density at radius 3 is 2.15 bits per heavy atom. The van der Waals surface area contributed by atoms with E-state index in [4.69, 9.17) is 4.74 Å². The highest BCUT2D eigenvalue weighted by molar-refractivity contribution is 7.93. The van der Waals surface area contributed by atoms with Gasteiger partial charge in [0.1, 0.15) is 11.5 Å². The number of hydrogen-bond donors (Lipinski definition) is 2. The quantitative estimate of drug-likeness (QED) is 0.520. The molecule has 0 saturated heterocycles. The Morgan fingerprint density at radius 2 is 1.62 bits per heavy atom. The molecule has 182 valence electrons. The Bertz CT molecular complexity index is 1220. The summed E-state index contributed by atoms with van der Waals surface area (Å²) in [6.07, 6.45) is -1.23. The van der Waals surface area contributed by atoms with Gasteiger partial charge < -0.3 is 9.84 Å². The third-order valence-corrected chi connectivity index (χ3v) is 7.34. The van der Waals surface area contributed by atoms with E-state index in [0.717, 1.165) is 17.7 Å². The van der Waals surface area contributed by atoms with Crippen molar-refractivity contribution < 1.29 is 36.2 Å². The standard InChI is InChI=1S/C24H24F3NO5S/c1-16-3-12-21(15-23(16,2)22(29)30)34(31,32)28-14-13-17-4-8-19(9-5-17)33-20-10-6-18(7-11-20)24(25,26)27/h3-12,28H,13-15H2,1-2H3,(H,29,30). The maximum Gasteiger partial charge on any atom is 0.416 e. The van der Waals surface area contributed by atoms with Gasteiger partial charge in [-0.1, -0.05) is 23.8 Å². The number of allylic oxidation sites excluding steroid dienone is 3. The van der Waals surface area contributed by atoms with E-state index in [-0.39, 0.29) is 23.6 Å². The third-order valence-electron chi connectivity index (χ3n) is 5.78. The number of nitrogens with one attached hydrogen (secondary N) is 1. The highest BCUT2D eigenvalue weighted by Gasteiger charge is 2.40. The van der Waals surface area contributed by atoms with Crippen LogP contribution in [0.25, 0.3) is 0 Å². The molecule has 0 fully saturated rings. The molecule has 6 nitrogen and oxygen atoms in total. The number of halogens is 3. The van der Waals surface area contributed by atoms with E-state index in [9.17, 15) is 31.5 Å². The second kappa shape index (κ2) is 9.63. The molecule has 0 heterocycles. The SMILES string of the molecule is CC1=CC=C(S(=O)(=O)NCCc2ccc(Oc3ccc(C(F)(F)F)cc3)cc2)CC1(C)C(=O)O. The predicted molar refractivity (Wildman–Crippen MR) is 121 cm³/mol. The molecule has 1 aliphatic carbocycles. The molecule has 10 heteroatoms. The molecule has 1 atom stereocenters. The van der Waals surface area contributed by atoms with Crippen molar-refractivity contribution in [3.05, 3.63) is 82.3 Å². The first kappa shape index (κ1) is 25.5. The minimum Gasteiger partial charge on any atom is -0.481 e. The first-order valence-corrected chi connectivity index (χ1v) is 11.8. The summed E-state index contributed by atoms with van der Waals surface area (Å²) in [7, 11) is -3.85. The molecule has 0 spiro atoms. The van der Waals surface area contributed by atoms with Gasteiger partial charge in [0.05, 0.1) is 15.9 Å². The van der Waals surface area contributed by atoms with Crippen molar-refractivity contribution >= 4 is 16.0 Å². The Morgan fingerprint density at radius 1 is 1.06 bits per heavy atom. The number of benzene rings is 2. The number of hydrogen-bond acceptors (Lipinski definition) is 4. The van der Waals surface area contributed by atoms with E-state index >= 15 is 0 Å². The van der Waals surface area contributed by atoms with Crippen LogP contribution in [-0.4, -0.2) is 26.0 Å². The van der Waals surface area contributed by atoms with Crippen molar-refractivity contribution in [2.75, 3.05) is 6.54 Å². The topological polar surface area (TPSA) is 92.7 Å². The highest BCUT2D eigenvalue weighted by atomic mass is 32.2. The van der Waals surface area contributed by atoms with Crippen LogP contribution < -0.4 is 9.46 Å². The number of ether oxygens (including phenoxy) is 1. The molecular weight excluding hydrogens is 471 g/mol. The van der Waals surface area contributed by atoms with Crippen molar-refractivity contribution in [1.82, 2.24) is 4.72 Å². The minimum absolute atomic E-state index is 0.0169. The largest absolute Gasteiger partial charge is 0.481 e. The molecule has 3 rings (SSSR count). The molecular formula is C24H24F3NO5S. The Hall–Kier alpha value is -3.11. The van der Waals surface area contributed by atoms with Crippen LogP contribution in [0.1, 0.15) is 31.4 Å². The lowest BCUT2D eigenvalue weighted by Gasteiger charge is -2.29. The molecule has 0 aliphatic heterocycles. The van der Waals surface area contributed by atoms with Crippen LogP contribution in [0.5, 0.6) is 11.5 Å². The summed E-state index contributed by atoms with van der Waals surface area (Å²) in [5.74, 6) is -0.404. The molecule has 0 saturated carbocycles. The smallest absolute Gasteiger partial charge is 0.416 e. The van der Waals surface area contributed by atoms with Gasteiger partial charge >= 0.3 is 12.1 Å². The van der Waals surface area contributed by atoms with E-state index in [2.05, 4.69) is 4.72 Å². The number of aliphatic carboxylic acids is 1. The van der Waals surface area contributed by atoms with Crippen LogP contribution in [0.15, 0.2) is 71.2 Å². The zero-order valence-corrected chi connectivity index (χ0v) is 19.3. The maximum atomic E-state index is 12.6. The number of carbonyl (C=O) groups is 1. The first-order chi connectivity index (χ1) is 15.8. The first-order valence-electron chi connectivity index (χ1n) is 10.4. The van der Waals surface area contributed by atoms with Crippen LogP contribution in [0.4, 0.5) is 13.2 Å². The predicted octanol–water partition coefficient (Wildman–Crippen LogP) is 5.28. The summed E-state index contributed by atoms with van der Waals surface area (Å²) in [5, 5.41) is 9.50. The van der Waals surface area contributed by atoms with Gasteiger partial charge in [-0.2, -0.15) is 13.2 Å². The Balaban J connectivity index is 1.56. The normalized spacial score (nSPS) is 18.7. The Kier molecular flexibility index (Phi) is 7.23. The fourth-order valence-electron chi connectivity index (χ4n) is 3.37. The molecule has 2 N–H and O–H groups in total. The molecule has 0 aromatic heterocycles. The second-order valence-corrected chi connectivity index (χ2v) is 10.0. The fraction of sp³-hybridized carbons (Fsp3) is 0.292. The van der Waals surface area contributed by atoms with E-state index in [1.807, 2.05) is 0 Å². The molecule has 2 aromatic rings. The van der Waals surface area contributed by atoms with E-state index in [1.54, 1.807) is 31.2 Å². The van der Waals surface area contributed by atoms with Crippen LogP contribution in [0.2, 0.25) is 0 Å². The number of sulfonamides is 1. The lowest BCUT2D eigenvalue weighted by Crippen LogP contribution is -2.35. The molecule has 0 bridgehead atoms. The summed E-state index contributed by atoms with van der Waals surface area (Å²) in [4.78, 5) is 11.6. The van der Waals surface area contributed by atoms with Gasteiger partial charge in [-0.25, -0.2) is 13.1 Å². The van der Waals surface area contributed by atoms with Crippen LogP contribution in [-0.2, 0) is 27.4 Å². The van der Waals surface area contributed by atoms with Crippen molar-refractivity contribution in [3.63, 3.8) is 0 Å². The van der Waals surface area contributed by atoms with Gasteiger partial charge in [-0.3, -0.25) is 4.79 Å². The zero-order valence-electron chi connectivity index (χ0n) is 18.5. The van der Waals surface area contributed by atoms with Crippen molar-refractivity contribution in [1.29, 1.82) is 0 Å². The highest BCUT2D eigenvalue weighted by Crippen LogP contribution is 2.39. The molecule has 0 amide bonds. The summed E-state index contributed by atoms with van der Waals surface area (Å²) in [6, 6.07) is 11.1. The lowest BCUT2D eigenvalue weighted by atomic mass is 9.77. The van der Waals surface area contributed by atoms with Gasteiger partial charge in [0.2, 0.25) is 10.0 Å². The zero-order chi connectivity index (χ0) is 25.1. The molecule has 0 radical (unpaired) electrons. The number of alkyl halides is 3. The van der Waals surface area contributed by atoms with Gasteiger partial charge in [0.15, 0.2) is 0 Å². The van der Waals surface area contributed by atoms with Crippen molar-refractivity contribution in [2.45, 2.75) is 32.9 Å².